The zero-order valence-electron chi connectivity index (χ0n) is 6.88. The number of nitrogens with zero attached hydrogens (tertiary/aromatic N) is 3. The second-order valence-electron chi connectivity index (χ2n) is 2.69. The molecule has 0 aliphatic carbocycles. The number of rotatable bonds is 1. The van der Waals surface area contributed by atoms with E-state index in [0.29, 0.717) is 5.36 Å². The standard InChI is InChI=1S/C7H5N3O3S/c1-4-2-3-5-6(9-10-8-5)7(4)14(11,12)13/h2-3H,1H2,(H,11,12,13). The third kappa shape index (κ3) is 1.22. The van der Waals surface area contributed by atoms with Crippen LogP contribution in [0.4, 0.5) is 5.69 Å². The van der Waals surface area contributed by atoms with Crippen molar-refractivity contribution in [3.8, 4) is 0 Å². The van der Waals surface area contributed by atoms with E-state index in [1.807, 2.05) is 0 Å². The molecule has 1 heterocycles. The largest absolute Gasteiger partial charge is 0.297 e. The van der Waals surface area contributed by atoms with Gasteiger partial charge in [-0.3, -0.25) is 4.55 Å². The van der Waals surface area contributed by atoms with E-state index in [2.05, 4.69) is 22.0 Å². The molecule has 0 amide bonds. The van der Waals surface area contributed by atoms with Crippen LogP contribution in [0.1, 0.15) is 0 Å². The van der Waals surface area contributed by atoms with Crippen molar-refractivity contribution in [3.05, 3.63) is 22.7 Å². The number of hydrogen-bond acceptors (Lipinski definition) is 5. The second-order valence-corrected chi connectivity index (χ2v) is 4.04. The highest BCUT2D eigenvalue weighted by Gasteiger charge is 2.20. The molecule has 1 aliphatic rings. The van der Waals surface area contributed by atoms with Gasteiger partial charge in [-0.2, -0.15) is 8.42 Å². The molecular formula is C7H5N3O3S. The van der Waals surface area contributed by atoms with Crippen LogP contribution in [-0.4, -0.2) is 13.0 Å². The van der Waals surface area contributed by atoms with Gasteiger partial charge in [0.2, 0.25) is 0 Å². The highest BCUT2D eigenvalue weighted by atomic mass is 32.2. The van der Waals surface area contributed by atoms with Crippen LogP contribution in [0.15, 0.2) is 32.5 Å². The van der Waals surface area contributed by atoms with Gasteiger partial charge in [-0.25, -0.2) is 0 Å². The Kier molecular flexibility index (Phi) is 1.73. The fourth-order valence-corrected chi connectivity index (χ4v) is 1.97. The van der Waals surface area contributed by atoms with Gasteiger partial charge in [0, 0.05) is 0 Å². The van der Waals surface area contributed by atoms with Gasteiger partial charge in [0.05, 0.1) is 0 Å². The Balaban J connectivity index is 3.00. The summed E-state index contributed by atoms with van der Waals surface area (Å²) < 4.78 is 30.9. The summed E-state index contributed by atoms with van der Waals surface area (Å²) in [5.74, 6) is 0. The van der Waals surface area contributed by atoms with Gasteiger partial charge >= 0.3 is 0 Å². The fraction of sp³-hybridized carbons (Fsp3) is 0. The van der Waals surface area contributed by atoms with Crippen LogP contribution >= 0.6 is 0 Å². The van der Waals surface area contributed by atoms with Gasteiger partial charge in [-0.15, -0.1) is 10.2 Å². The highest BCUT2D eigenvalue weighted by molar-refractivity contribution is 7.86. The summed E-state index contributed by atoms with van der Waals surface area (Å²) >= 11 is 0. The van der Waals surface area contributed by atoms with Crippen molar-refractivity contribution in [2.75, 3.05) is 0 Å². The first-order valence-corrected chi connectivity index (χ1v) is 5.02. The van der Waals surface area contributed by atoms with Crippen LogP contribution in [0.5, 0.6) is 0 Å². The van der Waals surface area contributed by atoms with Crippen LogP contribution in [0.3, 0.4) is 0 Å². The van der Waals surface area contributed by atoms with Gasteiger partial charge in [0.1, 0.15) is 15.9 Å². The molecule has 0 fully saturated rings. The molecule has 1 aliphatic heterocycles. The molecule has 72 valence electrons. The van der Waals surface area contributed by atoms with E-state index in [4.69, 9.17) is 4.55 Å². The molecule has 1 aromatic carbocycles. The summed E-state index contributed by atoms with van der Waals surface area (Å²) in [6, 6.07) is 2.97. The molecule has 0 unspecified atom stereocenters. The van der Waals surface area contributed by atoms with Gasteiger partial charge in [-0.05, 0) is 16.5 Å². The van der Waals surface area contributed by atoms with E-state index in [0.717, 1.165) is 0 Å². The second kappa shape index (κ2) is 2.69. The lowest BCUT2D eigenvalue weighted by Gasteiger charge is -1.98. The average molecular weight is 211 g/mol. The van der Waals surface area contributed by atoms with Crippen molar-refractivity contribution in [1.82, 2.24) is 0 Å². The third-order valence-corrected chi connectivity index (χ3v) is 2.72. The van der Waals surface area contributed by atoms with E-state index >= 15 is 0 Å². The molecule has 0 spiro atoms. The van der Waals surface area contributed by atoms with Crippen LogP contribution < -0.4 is 10.6 Å². The minimum Gasteiger partial charge on any atom is -0.282 e. The van der Waals surface area contributed by atoms with Crippen molar-refractivity contribution >= 4 is 22.4 Å². The van der Waals surface area contributed by atoms with E-state index in [1.165, 1.54) is 12.1 Å². The smallest absolute Gasteiger partial charge is 0.282 e. The molecule has 6 nitrogen and oxygen atoms in total. The normalized spacial score (nSPS) is 13.8. The maximum Gasteiger partial charge on any atom is 0.297 e. The lowest BCUT2D eigenvalue weighted by Crippen LogP contribution is -2.17. The molecule has 7 heteroatoms. The molecular weight excluding hydrogens is 206 g/mol. The van der Waals surface area contributed by atoms with Crippen molar-refractivity contribution < 1.29 is 13.0 Å². The zero-order chi connectivity index (χ0) is 10.3. The van der Waals surface area contributed by atoms with E-state index in [1.54, 1.807) is 0 Å². The van der Waals surface area contributed by atoms with Gasteiger partial charge in [0.15, 0.2) is 0 Å². The number of benzene rings is 1. The first-order valence-electron chi connectivity index (χ1n) is 3.58. The molecule has 0 bridgehead atoms. The summed E-state index contributed by atoms with van der Waals surface area (Å²) in [4.78, 5) is -0.333. The number of fused-ring (bicyclic) bond motifs is 1. The topological polar surface area (TPSA) is 91.5 Å². The quantitative estimate of drug-likeness (QED) is 0.661. The van der Waals surface area contributed by atoms with E-state index in [-0.39, 0.29) is 15.8 Å². The molecule has 0 saturated heterocycles. The Bertz CT molecular complexity index is 633. The minimum absolute atomic E-state index is 0.0417. The maximum atomic E-state index is 11.0. The summed E-state index contributed by atoms with van der Waals surface area (Å²) in [6.45, 7) is 3.48. The van der Waals surface area contributed by atoms with Crippen molar-refractivity contribution in [2.45, 2.75) is 4.90 Å². The molecule has 2 rings (SSSR count). The molecule has 1 N–H and O–H groups in total. The predicted octanol–water partition coefficient (Wildman–Crippen LogP) is -0.0245. The van der Waals surface area contributed by atoms with Gasteiger partial charge < -0.3 is 0 Å². The lowest BCUT2D eigenvalue weighted by molar-refractivity contribution is 0.482. The molecule has 0 saturated carbocycles. The van der Waals surface area contributed by atoms with Crippen LogP contribution in [0.25, 0.3) is 6.58 Å². The predicted molar refractivity (Wildman–Crippen MR) is 47.1 cm³/mol. The summed E-state index contributed by atoms with van der Waals surface area (Å²) in [7, 11) is -4.33. The lowest BCUT2D eigenvalue weighted by atomic mass is 10.2. The summed E-state index contributed by atoms with van der Waals surface area (Å²) in [5.41, 5.74) is 0.0417. The summed E-state index contributed by atoms with van der Waals surface area (Å²) in [6.07, 6.45) is 0. The Morgan fingerprint density at radius 2 is 2.07 bits per heavy atom. The molecule has 0 aromatic heterocycles. The first kappa shape index (κ1) is 8.97. The Morgan fingerprint density at radius 3 is 2.71 bits per heavy atom. The molecule has 0 atom stereocenters. The highest BCUT2D eigenvalue weighted by Crippen LogP contribution is 2.18. The monoisotopic (exact) mass is 211 g/mol. The summed E-state index contributed by atoms with van der Waals surface area (Å²) in [5, 5.41) is 10.9. The average Bonchev–Trinajstić information content (AvgIpc) is 2.48. The van der Waals surface area contributed by atoms with Crippen LogP contribution in [0, 0.1) is 0 Å². The van der Waals surface area contributed by atoms with E-state index < -0.39 is 10.1 Å². The third-order valence-electron chi connectivity index (χ3n) is 1.75. The van der Waals surface area contributed by atoms with Gasteiger partial charge in [-0.1, -0.05) is 12.6 Å². The molecule has 1 aromatic rings. The SMILES string of the molecule is C=c1ccc2c(c1S(=O)(=O)O)N=NN=2. The Hall–Kier alpha value is -1.60. The van der Waals surface area contributed by atoms with Crippen molar-refractivity contribution in [2.24, 2.45) is 15.4 Å². The molecule has 14 heavy (non-hydrogen) atoms. The van der Waals surface area contributed by atoms with Crippen LogP contribution in [0.2, 0.25) is 0 Å². The minimum atomic E-state index is -4.33. The van der Waals surface area contributed by atoms with E-state index in [9.17, 15) is 8.42 Å². The molecule has 0 radical (unpaired) electrons. The van der Waals surface area contributed by atoms with Crippen molar-refractivity contribution in [3.63, 3.8) is 0 Å². The fourth-order valence-electron chi connectivity index (χ4n) is 1.18. The Labute approximate surface area is 79.0 Å². The van der Waals surface area contributed by atoms with Crippen molar-refractivity contribution in [1.29, 1.82) is 0 Å². The van der Waals surface area contributed by atoms with Crippen LogP contribution in [-0.2, 0) is 10.1 Å². The first-order chi connectivity index (χ1) is 6.50. The number of hydrogen-bond donors (Lipinski definition) is 1. The maximum absolute atomic E-state index is 11.0. The Morgan fingerprint density at radius 1 is 1.36 bits per heavy atom. The zero-order valence-corrected chi connectivity index (χ0v) is 7.69. The van der Waals surface area contributed by atoms with Gasteiger partial charge in [0.25, 0.3) is 10.1 Å².